The molecule has 12 heavy (non-hydrogen) atoms. The zero-order valence-electron chi connectivity index (χ0n) is 6.29. The molecule has 0 amide bonds. The van der Waals surface area contributed by atoms with Gasteiger partial charge in [0, 0.05) is 7.05 Å². The fraction of sp³-hybridized carbons (Fsp3) is 0.167. The molecule has 0 radical (unpaired) electrons. The van der Waals surface area contributed by atoms with Crippen LogP contribution in [-0.2, 0) is 7.05 Å². The predicted octanol–water partition coefficient (Wildman–Crippen LogP) is 0.319. The number of hydrogen-bond donors (Lipinski definition) is 2. The van der Waals surface area contributed by atoms with Gasteiger partial charge in [-0.05, 0) is 0 Å². The third-order valence-corrected chi connectivity index (χ3v) is 1.96. The SMILES string of the molecule is Cn1[nH]c2c(=S)nc[nH]c2c1=O. The van der Waals surface area contributed by atoms with Gasteiger partial charge in [0.05, 0.1) is 6.33 Å². The Hall–Kier alpha value is -1.43. The van der Waals surface area contributed by atoms with Gasteiger partial charge in [-0.2, -0.15) is 0 Å². The molecule has 0 fully saturated rings. The number of aryl methyl sites for hydroxylation is 1. The molecule has 0 aliphatic heterocycles. The Morgan fingerprint density at radius 3 is 3.00 bits per heavy atom. The van der Waals surface area contributed by atoms with Crippen molar-refractivity contribution in [2.45, 2.75) is 0 Å². The van der Waals surface area contributed by atoms with Crippen molar-refractivity contribution in [1.29, 1.82) is 0 Å². The Morgan fingerprint density at radius 2 is 2.33 bits per heavy atom. The van der Waals surface area contributed by atoms with Crippen LogP contribution in [-0.4, -0.2) is 19.7 Å². The van der Waals surface area contributed by atoms with E-state index < -0.39 is 0 Å². The van der Waals surface area contributed by atoms with Gasteiger partial charge in [-0.15, -0.1) is 0 Å². The summed E-state index contributed by atoms with van der Waals surface area (Å²) < 4.78 is 1.76. The van der Waals surface area contributed by atoms with Crippen molar-refractivity contribution in [1.82, 2.24) is 19.7 Å². The van der Waals surface area contributed by atoms with E-state index in [1.54, 1.807) is 7.05 Å². The highest BCUT2D eigenvalue weighted by Gasteiger charge is 2.04. The summed E-state index contributed by atoms with van der Waals surface area (Å²) in [7, 11) is 1.63. The normalized spacial score (nSPS) is 10.8. The van der Waals surface area contributed by atoms with Crippen molar-refractivity contribution in [2.75, 3.05) is 0 Å². The molecule has 2 heterocycles. The smallest absolute Gasteiger partial charge is 0.290 e. The minimum atomic E-state index is -0.126. The fourth-order valence-electron chi connectivity index (χ4n) is 1.06. The first kappa shape index (κ1) is 7.23. The van der Waals surface area contributed by atoms with Crippen LogP contribution >= 0.6 is 12.2 Å². The molecule has 0 atom stereocenters. The second kappa shape index (κ2) is 2.28. The average molecular weight is 182 g/mol. The van der Waals surface area contributed by atoms with Crippen molar-refractivity contribution >= 4 is 23.3 Å². The summed E-state index contributed by atoms with van der Waals surface area (Å²) in [5.41, 5.74) is 0.927. The predicted molar refractivity (Wildman–Crippen MR) is 46.5 cm³/mol. The van der Waals surface area contributed by atoms with Crippen LogP contribution in [0.2, 0.25) is 0 Å². The Kier molecular flexibility index (Phi) is 1.37. The first-order valence-corrected chi connectivity index (χ1v) is 3.73. The number of H-pyrrole nitrogens is 2. The van der Waals surface area contributed by atoms with Crippen molar-refractivity contribution in [3.63, 3.8) is 0 Å². The van der Waals surface area contributed by atoms with E-state index in [-0.39, 0.29) is 5.56 Å². The molecule has 2 N–H and O–H groups in total. The van der Waals surface area contributed by atoms with Crippen LogP contribution in [0.15, 0.2) is 11.1 Å². The van der Waals surface area contributed by atoms with E-state index in [2.05, 4.69) is 15.1 Å². The summed E-state index contributed by atoms with van der Waals surface area (Å²) in [6.45, 7) is 0. The van der Waals surface area contributed by atoms with Crippen LogP contribution in [0.3, 0.4) is 0 Å². The molecule has 0 saturated carbocycles. The van der Waals surface area contributed by atoms with Gasteiger partial charge in [-0.3, -0.25) is 14.6 Å². The van der Waals surface area contributed by atoms with Crippen LogP contribution in [0.1, 0.15) is 0 Å². The highest BCUT2D eigenvalue weighted by Crippen LogP contribution is 2.01. The van der Waals surface area contributed by atoms with E-state index in [9.17, 15) is 4.79 Å². The number of aromatic nitrogens is 4. The molecule has 5 nitrogen and oxygen atoms in total. The fourth-order valence-corrected chi connectivity index (χ4v) is 1.26. The maximum atomic E-state index is 11.3. The molecule has 0 saturated heterocycles. The largest absolute Gasteiger partial charge is 0.340 e. The van der Waals surface area contributed by atoms with Gasteiger partial charge >= 0.3 is 0 Å². The molecule has 0 unspecified atom stereocenters. The highest BCUT2D eigenvalue weighted by molar-refractivity contribution is 7.71. The highest BCUT2D eigenvalue weighted by atomic mass is 32.1. The van der Waals surface area contributed by atoms with Crippen LogP contribution in [0.25, 0.3) is 11.0 Å². The summed E-state index contributed by atoms with van der Waals surface area (Å²) in [4.78, 5) is 17.9. The van der Waals surface area contributed by atoms with Crippen molar-refractivity contribution < 1.29 is 0 Å². The zero-order valence-corrected chi connectivity index (χ0v) is 7.10. The Morgan fingerprint density at radius 1 is 1.58 bits per heavy atom. The Balaban J connectivity index is 3.16. The van der Waals surface area contributed by atoms with Gasteiger partial charge in [-0.1, -0.05) is 12.2 Å². The summed E-state index contributed by atoms with van der Waals surface area (Å²) in [6, 6.07) is 0. The molecule has 2 aromatic rings. The van der Waals surface area contributed by atoms with Crippen LogP contribution < -0.4 is 5.56 Å². The molecule has 0 bridgehead atoms. The maximum Gasteiger partial charge on any atom is 0.290 e. The van der Waals surface area contributed by atoms with Gasteiger partial charge in [0.2, 0.25) is 0 Å². The van der Waals surface area contributed by atoms with Crippen molar-refractivity contribution in [3.05, 3.63) is 21.3 Å². The number of nitrogens with zero attached hydrogens (tertiary/aromatic N) is 2. The number of fused-ring (bicyclic) bond motifs is 1. The van der Waals surface area contributed by atoms with E-state index >= 15 is 0 Å². The third-order valence-electron chi connectivity index (χ3n) is 1.65. The minimum Gasteiger partial charge on any atom is -0.340 e. The molecule has 0 spiro atoms. The second-order valence-corrected chi connectivity index (χ2v) is 2.82. The van der Waals surface area contributed by atoms with Crippen molar-refractivity contribution in [3.8, 4) is 0 Å². The lowest BCUT2D eigenvalue weighted by Gasteiger charge is -1.84. The first-order chi connectivity index (χ1) is 5.70. The van der Waals surface area contributed by atoms with E-state index in [1.165, 1.54) is 11.0 Å². The van der Waals surface area contributed by atoms with Gasteiger partial charge in [0.25, 0.3) is 5.56 Å². The first-order valence-electron chi connectivity index (χ1n) is 3.32. The molecular weight excluding hydrogens is 176 g/mol. The number of hydrogen-bond acceptors (Lipinski definition) is 3. The molecule has 2 rings (SSSR count). The van der Waals surface area contributed by atoms with Crippen LogP contribution in [0.4, 0.5) is 0 Å². The summed E-state index contributed by atoms with van der Waals surface area (Å²) >= 11 is 4.91. The maximum absolute atomic E-state index is 11.3. The lowest BCUT2D eigenvalue weighted by Crippen LogP contribution is -2.11. The second-order valence-electron chi connectivity index (χ2n) is 2.43. The summed E-state index contributed by atoms with van der Waals surface area (Å²) in [5.74, 6) is 0. The van der Waals surface area contributed by atoms with Crippen molar-refractivity contribution in [2.24, 2.45) is 7.05 Å². The van der Waals surface area contributed by atoms with E-state index in [4.69, 9.17) is 12.2 Å². The summed E-state index contributed by atoms with van der Waals surface area (Å²) in [6.07, 6.45) is 1.42. The minimum absolute atomic E-state index is 0.126. The Labute approximate surface area is 72.0 Å². The van der Waals surface area contributed by atoms with Crippen LogP contribution in [0.5, 0.6) is 0 Å². The van der Waals surface area contributed by atoms with Gasteiger partial charge in [0.1, 0.15) is 11.0 Å². The topological polar surface area (TPSA) is 66.5 Å². The number of nitrogens with one attached hydrogen (secondary N) is 2. The van der Waals surface area contributed by atoms with E-state index in [0.29, 0.717) is 15.7 Å². The lowest BCUT2D eigenvalue weighted by atomic mass is 10.5. The molecule has 0 aliphatic carbocycles. The van der Waals surface area contributed by atoms with Gasteiger partial charge in [-0.25, -0.2) is 4.98 Å². The zero-order chi connectivity index (χ0) is 8.72. The number of aromatic amines is 2. The monoisotopic (exact) mass is 182 g/mol. The quantitative estimate of drug-likeness (QED) is 0.576. The van der Waals surface area contributed by atoms with E-state index in [1.807, 2.05) is 0 Å². The molecule has 0 aromatic carbocycles. The Bertz CT molecular complexity index is 534. The standard InChI is InChI=1S/C6H6N4OS/c1-10-6(11)4-3(9-10)5(12)8-2-7-4/h2,9H,1H3,(H,7,8,12). The molecule has 0 aliphatic rings. The molecule has 6 heteroatoms. The third kappa shape index (κ3) is 0.814. The van der Waals surface area contributed by atoms with Gasteiger partial charge < -0.3 is 4.98 Å². The molecule has 2 aromatic heterocycles. The lowest BCUT2D eigenvalue weighted by molar-refractivity contribution is 0.750. The van der Waals surface area contributed by atoms with Gasteiger partial charge in [0.15, 0.2) is 4.64 Å². The molecule has 62 valence electrons. The average Bonchev–Trinajstić information content (AvgIpc) is 2.32. The van der Waals surface area contributed by atoms with E-state index in [0.717, 1.165) is 0 Å². The summed E-state index contributed by atoms with van der Waals surface area (Å²) in [5, 5.41) is 2.80. The molecular formula is C6H6N4OS. The number of rotatable bonds is 0. The van der Waals surface area contributed by atoms with Crippen LogP contribution in [0, 0.1) is 4.64 Å².